The zero-order valence-corrected chi connectivity index (χ0v) is 29.9. The highest BCUT2D eigenvalue weighted by atomic mass is 32.3. The molecule has 0 saturated carbocycles. The van der Waals surface area contributed by atoms with E-state index >= 15 is 0 Å². The van der Waals surface area contributed by atoms with Gasteiger partial charge in [0.25, 0.3) is 5.79 Å². The maximum absolute atomic E-state index is 12.8. The van der Waals surface area contributed by atoms with Gasteiger partial charge in [-0.05, 0) is 13.0 Å². The molecule has 3 rings (SSSR count). The van der Waals surface area contributed by atoms with Crippen molar-refractivity contribution >= 4 is 28.2 Å². The number of carbonyl (C=O) groups excluding carboxylic acids is 2. The standard InChI is InChI=1S/C28H49N3O23S/c1-10(35)30-17-22(20(41)14(9-49-55(45,46)47)51-25(17)48-4-2-3-29)52-26-21(42)24(19(40)13(7-33)50-26)54-28(27(43)44)5-11(36)16(31-15(38)8-34)23(53-28)18(39)12(37)6-32/h11-14,16-26,32-34,36-37,39-42H,2-9,29H2,1H3,(H,30,35)(H,31,38)(H,43,44)(H,45,46,47)/t11-,12+,13+,14+,16+,17+,18+,19-,20+,21+,22+,23+,24-,25+,26-,28-/m0/s1. The van der Waals surface area contributed by atoms with E-state index in [4.69, 9.17) is 38.7 Å². The van der Waals surface area contributed by atoms with E-state index in [0.29, 0.717) is 0 Å². The summed E-state index contributed by atoms with van der Waals surface area (Å²) in [6, 6.07) is -3.27. The zero-order valence-electron chi connectivity index (χ0n) is 29.1. The van der Waals surface area contributed by atoms with Gasteiger partial charge in [-0.2, -0.15) is 8.42 Å². The fourth-order valence-corrected chi connectivity index (χ4v) is 6.41. The molecule has 0 bridgehead atoms. The van der Waals surface area contributed by atoms with E-state index in [1.165, 1.54) is 0 Å². The number of carboxylic acids is 1. The minimum Gasteiger partial charge on any atom is -0.477 e. The molecule has 0 unspecified atom stereocenters. The van der Waals surface area contributed by atoms with Gasteiger partial charge in [-0.1, -0.05) is 0 Å². The first-order valence-electron chi connectivity index (χ1n) is 16.7. The lowest BCUT2D eigenvalue weighted by Crippen LogP contribution is -2.71. The Bertz CT molecular complexity index is 1380. The van der Waals surface area contributed by atoms with Crippen LogP contribution in [0.5, 0.6) is 0 Å². The number of hydrogen-bond acceptors (Lipinski definition) is 22. The molecule has 3 aliphatic heterocycles. The van der Waals surface area contributed by atoms with Gasteiger partial charge in [-0.3, -0.25) is 14.1 Å². The highest BCUT2D eigenvalue weighted by molar-refractivity contribution is 7.80. The lowest BCUT2D eigenvalue weighted by molar-refractivity contribution is -0.381. The number of aliphatic carboxylic acids is 1. The van der Waals surface area contributed by atoms with Gasteiger partial charge in [0.1, 0.15) is 73.7 Å². The molecule has 0 aliphatic carbocycles. The molecule has 2 amide bonds. The average molecular weight is 828 g/mol. The third-order valence-electron chi connectivity index (χ3n) is 8.78. The second kappa shape index (κ2) is 20.4. The molecule has 27 heteroatoms. The number of rotatable bonds is 19. The molecule has 3 aliphatic rings. The number of amides is 2. The number of carbonyl (C=O) groups is 3. The number of nitrogens with one attached hydrogen (secondary N) is 2. The third-order valence-corrected chi connectivity index (χ3v) is 9.22. The summed E-state index contributed by atoms with van der Waals surface area (Å²) in [5, 5.41) is 109. The summed E-state index contributed by atoms with van der Waals surface area (Å²) in [6.45, 7) is -3.35. The molecule has 0 aromatic carbocycles. The van der Waals surface area contributed by atoms with Crippen LogP contribution in [0.3, 0.4) is 0 Å². The van der Waals surface area contributed by atoms with E-state index in [0.717, 1.165) is 6.92 Å². The summed E-state index contributed by atoms with van der Waals surface area (Å²) in [5.41, 5.74) is 5.51. The first-order chi connectivity index (χ1) is 25.7. The fourth-order valence-electron chi connectivity index (χ4n) is 6.11. The van der Waals surface area contributed by atoms with Crippen molar-refractivity contribution in [1.82, 2.24) is 10.6 Å². The van der Waals surface area contributed by atoms with Gasteiger partial charge in [-0.15, -0.1) is 0 Å². The molecule has 16 atom stereocenters. The number of ether oxygens (including phenoxy) is 6. The molecule has 3 fully saturated rings. The Hall–Kier alpha value is -2.36. The quantitative estimate of drug-likeness (QED) is 0.0424. The predicted molar refractivity (Wildman–Crippen MR) is 171 cm³/mol. The smallest absolute Gasteiger partial charge is 0.397 e. The van der Waals surface area contributed by atoms with E-state index in [-0.39, 0.29) is 19.6 Å². The monoisotopic (exact) mass is 827 g/mol. The lowest BCUT2D eigenvalue weighted by Gasteiger charge is -2.51. The Labute approximate surface area is 312 Å². The molecule has 3 saturated heterocycles. The third kappa shape index (κ3) is 11.8. The highest BCUT2D eigenvalue weighted by Crippen LogP contribution is 2.38. The van der Waals surface area contributed by atoms with Crippen molar-refractivity contribution in [2.24, 2.45) is 5.73 Å². The first kappa shape index (κ1) is 47.0. The summed E-state index contributed by atoms with van der Waals surface area (Å²) in [4.78, 5) is 37.1. The number of aliphatic hydroxyl groups is 9. The number of carboxylic acid groups (broad SMARTS) is 1. The van der Waals surface area contributed by atoms with Gasteiger partial charge < -0.3 is 95.9 Å². The normalized spacial score (nSPS) is 38.1. The molecular weight excluding hydrogens is 778 g/mol. The minimum absolute atomic E-state index is 0.123. The van der Waals surface area contributed by atoms with Crippen molar-refractivity contribution < 1.29 is 111 Å². The van der Waals surface area contributed by atoms with Crippen molar-refractivity contribution in [2.75, 3.05) is 39.6 Å². The maximum atomic E-state index is 12.8. The van der Waals surface area contributed by atoms with Gasteiger partial charge in [-0.25, -0.2) is 8.98 Å². The van der Waals surface area contributed by atoms with Gasteiger partial charge in [0.2, 0.25) is 11.8 Å². The molecule has 0 aromatic rings. The molecule has 3 heterocycles. The van der Waals surface area contributed by atoms with E-state index in [9.17, 15) is 73.9 Å². The number of aliphatic hydroxyl groups excluding tert-OH is 9. The number of hydrogen-bond donors (Lipinski definition) is 14. The van der Waals surface area contributed by atoms with Gasteiger partial charge in [0.15, 0.2) is 12.6 Å². The first-order valence-corrected chi connectivity index (χ1v) is 18.1. The van der Waals surface area contributed by atoms with Crippen LogP contribution in [0.15, 0.2) is 0 Å². The van der Waals surface area contributed by atoms with Crippen LogP contribution in [0.2, 0.25) is 0 Å². The Morgan fingerprint density at radius 3 is 2.13 bits per heavy atom. The van der Waals surface area contributed by atoms with Crippen LogP contribution in [0.1, 0.15) is 19.8 Å². The summed E-state index contributed by atoms with van der Waals surface area (Å²) in [7, 11) is -5.10. The molecule has 320 valence electrons. The van der Waals surface area contributed by atoms with Gasteiger partial charge in [0.05, 0.1) is 38.6 Å². The summed E-state index contributed by atoms with van der Waals surface area (Å²) >= 11 is 0. The lowest BCUT2D eigenvalue weighted by atomic mass is 9.88. The van der Waals surface area contributed by atoms with E-state index in [1.54, 1.807) is 0 Å². The molecule has 26 nitrogen and oxygen atoms in total. The Balaban J connectivity index is 2.03. The Kier molecular flexibility index (Phi) is 17.4. The molecular formula is C28H49N3O23S. The van der Waals surface area contributed by atoms with Crippen molar-refractivity contribution in [3.05, 3.63) is 0 Å². The van der Waals surface area contributed by atoms with Crippen molar-refractivity contribution in [3.63, 3.8) is 0 Å². The SMILES string of the molecule is CC(=O)N[C@H]1[C@H](OCCCN)O[C@H](COS(=O)(=O)O)[C@@H](O)[C@@H]1O[C@@H]1O[C@H](CO)[C@H](O)[C@H](O[C@]2(C(=O)O)C[C@H](O)[C@@H](NC(=O)CO)[C@H]([C@H](O)[C@H](O)CO)O2)[C@H]1O. The molecule has 0 radical (unpaired) electrons. The fraction of sp³-hybridized carbons (Fsp3) is 0.893. The average Bonchev–Trinajstić information content (AvgIpc) is 3.12. The molecule has 15 N–H and O–H groups in total. The molecule has 0 aromatic heterocycles. The van der Waals surface area contributed by atoms with Crippen molar-refractivity contribution in [3.8, 4) is 0 Å². The van der Waals surface area contributed by atoms with Crippen LogP contribution in [0.25, 0.3) is 0 Å². The van der Waals surface area contributed by atoms with Crippen LogP contribution in [0, 0.1) is 0 Å². The van der Waals surface area contributed by atoms with Crippen LogP contribution in [0.4, 0.5) is 0 Å². The molecule has 0 spiro atoms. The predicted octanol–water partition coefficient (Wildman–Crippen LogP) is -8.91. The van der Waals surface area contributed by atoms with E-state index in [2.05, 4.69) is 14.8 Å². The summed E-state index contributed by atoms with van der Waals surface area (Å²) in [6.07, 6.45) is -27.2. The Morgan fingerprint density at radius 1 is 0.945 bits per heavy atom. The topological polar surface area (TPSA) is 423 Å². The summed E-state index contributed by atoms with van der Waals surface area (Å²) < 4.78 is 69.9. The second-order valence-electron chi connectivity index (χ2n) is 12.8. The second-order valence-corrected chi connectivity index (χ2v) is 13.9. The minimum atomic E-state index is -5.10. The van der Waals surface area contributed by atoms with E-state index < -0.39 is 159 Å². The highest BCUT2D eigenvalue weighted by Gasteiger charge is 2.60. The van der Waals surface area contributed by atoms with Crippen LogP contribution >= 0.6 is 0 Å². The van der Waals surface area contributed by atoms with E-state index in [1.807, 2.05) is 0 Å². The largest absolute Gasteiger partial charge is 0.477 e. The zero-order chi connectivity index (χ0) is 41.4. The van der Waals surface area contributed by atoms with Gasteiger partial charge in [0, 0.05) is 13.3 Å². The van der Waals surface area contributed by atoms with Crippen LogP contribution in [-0.2, 0) is 57.4 Å². The molecule has 55 heavy (non-hydrogen) atoms. The van der Waals surface area contributed by atoms with Crippen LogP contribution < -0.4 is 16.4 Å². The van der Waals surface area contributed by atoms with Crippen molar-refractivity contribution in [1.29, 1.82) is 0 Å². The Morgan fingerprint density at radius 2 is 1.58 bits per heavy atom. The van der Waals surface area contributed by atoms with Crippen molar-refractivity contribution in [2.45, 2.75) is 117 Å². The maximum Gasteiger partial charge on any atom is 0.397 e. The summed E-state index contributed by atoms with van der Waals surface area (Å²) in [5.74, 6) is -7.13. The van der Waals surface area contributed by atoms with Gasteiger partial charge >= 0.3 is 16.4 Å². The van der Waals surface area contributed by atoms with Crippen LogP contribution in [-0.4, -0.2) is 219 Å². The number of nitrogens with two attached hydrogens (primary N) is 1.